The molecule has 250 valence electrons. The van der Waals surface area contributed by atoms with Gasteiger partial charge in [-0.15, -0.1) is 6.58 Å². The van der Waals surface area contributed by atoms with E-state index in [4.69, 9.17) is 37.4 Å². The van der Waals surface area contributed by atoms with Gasteiger partial charge in [-0.05, 0) is 73.7 Å². The van der Waals surface area contributed by atoms with E-state index < -0.39 is 17.9 Å². The Morgan fingerprint density at radius 1 is 0.896 bits per heavy atom. The molecule has 0 aliphatic rings. The van der Waals surface area contributed by atoms with Gasteiger partial charge < -0.3 is 19.5 Å². The van der Waals surface area contributed by atoms with E-state index in [2.05, 4.69) is 22.4 Å². The lowest BCUT2D eigenvalue weighted by atomic mass is 10.1. The zero-order chi connectivity index (χ0) is 34.5. The maximum absolute atomic E-state index is 13.4. The number of rotatable bonds is 16. The molecule has 0 fully saturated rings. The van der Waals surface area contributed by atoms with E-state index in [1.807, 2.05) is 81.4 Å². The number of hydrogen-bond acceptors (Lipinski definition) is 6. The van der Waals surface area contributed by atoms with E-state index in [0.717, 1.165) is 27.8 Å². The number of carbonyl (C=O) groups excluding carboxylic acids is 2. The Bertz CT molecular complexity index is 1740. The smallest absolute Gasteiger partial charge is 0.262 e. The highest BCUT2D eigenvalue weighted by molar-refractivity contribution is 6.35. The number of amides is 2. The molecule has 4 rings (SSSR count). The van der Waals surface area contributed by atoms with E-state index in [0.29, 0.717) is 45.9 Å². The van der Waals surface area contributed by atoms with E-state index in [-0.39, 0.29) is 19.6 Å². The molecule has 0 aliphatic heterocycles. The van der Waals surface area contributed by atoms with Crippen LogP contribution < -0.4 is 25.0 Å². The molecule has 0 bridgehead atoms. The van der Waals surface area contributed by atoms with Crippen LogP contribution in [0.1, 0.15) is 40.3 Å². The summed E-state index contributed by atoms with van der Waals surface area (Å²) in [6.45, 7) is 9.95. The average Bonchev–Trinajstić information content (AvgIpc) is 3.05. The van der Waals surface area contributed by atoms with E-state index in [1.165, 1.54) is 6.21 Å². The molecule has 2 N–H and O–H groups in total. The summed E-state index contributed by atoms with van der Waals surface area (Å²) in [6.07, 6.45) is 4.03. The summed E-state index contributed by atoms with van der Waals surface area (Å²) in [6, 6.07) is 23.2. The van der Waals surface area contributed by atoms with Crippen molar-refractivity contribution in [2.45, 2.75) is 46.3 Å². The van der Waals surface area contributed by atoms with Crippen molar-refractivity contribution in [3.63, 3.8) is 0 Å². The fraction of sp³-hybridized carbons (Fsp3) is 0.237. The van der Waals surface area contributed by atoms with Crippen LogP contribution in [-0.4, -0.2) is 37.3 Å². The molecule has 1 atom stereocenters. The molecule has 0 radical (unpaired) electrons. The predicted molar refractivity (Wildman–Crippen MR) is 192 cm³/mol. The van der Waals surface area contributed by atoms with Gasteiger partial charge in [0.2, 0.25) is 0 Å². The monoisotopic (exact) mass is 687 g/mol. The van der Waals surface area contributed by atoms with Gasteiger partial charge in [-0.1, -0.05) is 83.9 Å². The summed E-state index contributed by atoms with van der Waals surface area (Å²) < 4.78 is 17.9. The second-order valence-corrected chi connectivity index (χ2v) is 11.9. The zero-order valence-corrected chi connectivity index (χ0v) is 28.7. The minimum absolute atomic E-state index is 0.202. The molecule has 48 heavy (non-hydrogen) atoms. The highest BCUT2D eigenvalue weighted by Gasteiger charge is 2.22. The van der Waals surface area contributed by atoms with Crippen molar-refractivity contribution in [1.82, 2.24) is 10.7 Å². The van der Waals surface area contributed by atoms with Crippen molar-refractivity contribution in [3.8, 4) is 17.2 Å². The third-order valence-electron chi connectivity index (χ3n) is 7.28. The van der Waals surface area contributed by atoms with Gasteiger partial charge in [0.05, 0.1) is 12.8 Å². The highest BCUT2D eigenvalue weighted by Crippen LogP contribution is 2.35. The Balaban J connectivity index is 1.49. The third-order valence-corrected chi connectivity index (χ3v) is 7.87. The number of nitrogens with zero attached hydrogens (tertiary/aromatic N) is 1. The summed E-state index contributed by atoms with van der Waals surface area (Å²) in [5, 5.41) is 8.06. The molecule has 0 saturated heterocycles. The molecule has 4 aromatic carbocycles. The lowest BCUT2D eigenvalue weighted by Crippen LogP contribution is -2.48. The number of para-hydroxylation sites is 1. The summed E-state index contributed by atoms with van der Waals surface area (Å²) >= 11 is 12.4. The van der Waals surface area contributed by atoms with Gasteiger partial charge in [0, 0.05) is 27.6 Å². The highest BCUT2D eigenvalue weighted by atomic mass is 35.5. The number of hydrogen-bond donors (Lipinski definition) is 2. The molecule has 2 amide bonds. The van der Waals surface area contributed by atoms with Gasteiger partial charge in [-0.25, -0.2) is 5.43 Å². The normalized spacial score (nSPS) is 11.5. The van der Waals surface area contributed by atoms with Crippen molar-refractivity contribution in [3.05, 3.63) is 135 Å². The largest absolute Gasteiger partial charge is 0.490 e. The first-order chi connectivity index (χ1) is 23.2. The first-order valence-electron chi connectivity index (χ1n) is 15.5. The molecule has 0 aliphatic carbocycles. The molecular formula is C38H39Cl2N3O5. The summed E-state index contributed by atoms with van der Waals surface area (Å²) in [5.41, 5.74) is 7.55. The van der Waals surface area contributed by atoms with E-state index >= 15 is 0 Å². The van der Waals surface area contributed by atoms with Crippen molar-refractivity contribution >= 4 is 41.2 Å². The van der Waals surface area contributed by atoms with E-state index in [1.54, 1.807) is 24.3 Å². The van der Waals surface area contributed by atoms with Crippen molar-refractivity contribution in [1.29, 1.82) is 0 Å². The Kier molecular flexibility index (Phi) is 13.5. The van der Waals surface area contributed by atoms with Gasteiger partial charge in [0.25, 0.3) is 11.8 Å². The van der Waals surface area contributed by atoms with Crippen LogP contribution in [0.4, 0.5) is 0 Å². The number of carbonyl (C=O) groups is 2. The van der Waals surface area contributed by atoms with Crippen LogP contribution in [0.2, 0.25) is 10.0 Å². The van der Waals surface area contributed by atoms with Crippen LogP contribution in [-0.2, 0) is 29.0 Å². The second-order valence-electron chi connectivity index (χ2n) is 11.0. The molecule has 4 aromatic rings. The Morgan fingerprint density at radius 3 is 2.33 bits per heavy atom. The average molecular weight is 689 g/mol. The lowest BCUT2D eigenvalue weighted by molar-refractivity contribution is -0.130. The molecule has 10 heteroatoms. The van der Waals surface area contributed by atoms with Crippen LogP contribution in [0.15, 0.2) is 96.6 Å². The molecule has 0 heterocycles. The first-order valence-corrected chi connectivity index (χ1v) is 16.3. The maximum Gasteiger partial charge on any atom is 0.262 e. The van der Waals surface area contributed by atoms with E-state index in [9.17, 15) is 9.59 Å². The van der Waals surface area contributed by atoms with Crippen LogP contribution in [0, 0.1) is 13.8 Å². The van der Waals surface area contributed by atoms with Crippen molar-refractivity contribution in [2.75, 3.05) is 13.2 Å². The molecule has 0 spiro atoms. The first kappa shape index (κ1) is 36.1. The standard InChI is InChI=1S/C38H39Cl2N3O5/c1-5-11-29-18-28(20-34(46-6-2)37(29)47-23-30-16-17-31(39)21-32(30)40)22-41-43-38(45)33(19-27-14-8-7-9-15-27)42-35(44)24-48-36-25(3)12-10-13-26(36)4/h5,7-10,12-18,20-22,33H,1,6,11,19,23-24H2,2-4H3,(H,42,44)(H,43,45)/b41-22-/t33-/m1/s1. The quantitative estimate of drug-likeness (QED) is 0.0719. The SMILES string of the molecule is C=CCc1cc(/C=N\NC(=O)[C@@H](Cc2ccccc2)NC(=O)COc2c(C)cccc2C)cc(OCC)c1OCc1ccc(Cl)cc1Cl. The third kappa shape index (κ3) is 10.4. The van der Waals surface area contributed by atoms with Crippen molar-refractivity contribution < 1.29 is 23.8 Å². The number of hydrazone groups is 1. The molecule has 0 unspecified atom stereocenters. The molecule has 0 aromatic heterocycles. The topological polar surface area (TPSA) is 98.3 Å². The number of nitrogens with one attached hydrogen (secondary N) is 2. The van der Waals surface area contributed by atoms with Gasteiger partial charge >= 0.3 is 0 Å². The van der Waals surface area contributed by atoms with Gasteiger partial charge in [-0.2, -0.15) is 5.10 Å². The number of halogens is 2. The van der Waals surface area contributed by atoms with Crippen molar-refractivity contribution in [2.24, 2.45) is 5.10 Å². The number of benzene rings is 4. The Morgan fingerprint density at radius 2 is 1.65 bits per heavy atom. The predicted octanol–water partition coefficient (Wildman–Crippen LogP) is 7.57. The van der Waals surface area contributed by atoms with Gasteiger partial charge in [0.1, 0.15) is 18.4 Å². The number of allylic oxidation sites excluding steroid dienone is 1. The number of aryl methyl sites for hydroxylation is 2. The lowest BCUT2D eigenvalue weighted by Gasteiger charge is -2.18. The van der Waals surface area contributed by atoms with Gasteiger partial charge in [0.15, 0.2) is 18.1 Å². The van der Waals surface area contributed by atoms with Gasteiger partial charge in [-0.3, -0.25) is 9.59 Å². The summed E-state index contributed by atoms with van der Waals surface area (Å²) in [4.78, 5) is 26.3. The minimum atomic E-state index is -0.899. The summed E-state index contributed by atoms with van der Waals surface area (Å²) in [5.74, 6) is 0.801. The zero-order valence-electron chi connectivity index (χ0n) is 27.2. The van der Waals surface area contributed by atoms with Crippen LogP contribution >= 0.6 is 23.2 Å². The second kappa shape index (κ2) is 17.9. The van der Waals surface area contributed by atoms with Crippen LogP contribution in [0.25, 0.3) is 0 Å². The molecule has 8 nitrogen and oxygen atoms in total. The maximum atomic E-state index is 13.4. The van der Waals surface area contributed by atoms with Crippen LogP contribution in [0.3, 0.4) is 0 Å². The minimum Gasteiger partial charge on any atom is -0.490 e. The fourth-order valence-electron chi connectivity index (χ4n) is 4.99. The summed E-state index contributed by atoms with van der Waals surface area (Å²) in [7, 11) is 0. The van der Waals surface area contributed by atoms with Crippen LogP contribution in [0.5, 0.6) is 17.2 Å². The number of ether oxygens (including phenoxy) is 3. The Hall–Kier alpha value is -4.79. The fourth-order valence-corrected chi connectivity index (χ4v) is 5.45. The molecule has 0 saturated carbocycles. The molecular weight excluding hydrogens is 649 g/mol. The Labute approximate surface area is 291 Å².